The predicted octanol–water partition coefficient (Wildman–Crippen LogP) is 3.01. The highest BCUT2D eigenvalue weighted by Gasteiger charge is 2.34. The van der Waals surface area contributed by atoms with Crippen LogP contribution in [0.4, 0.5) is 0 Å². The van der Waals surface area contributed by atoms with Crippen LogP contribution in [0.2, 0.25) is 0 Å². The van der Waals surface area contributed by atoms with Gasteiger partial charge in [0.1, 0.15) is 6.04 Å². The lowest BCUT2D eigenvalue weighted by atomic mass is 9.84. The molecule has 0 amide bonds. The van der Waals surface area contributed by atoms with Crippen molar-refractivity contribution in [1.82, 2.24) is 5.32 Å². The van der Waals surface area contributed by atoms with E-state index in [-0.39, 0.29) is 24.4 Å². The molecule has 1 rings (SSSR count). The minimum atomic E-state index is -0.938. The summed E-state index contributed by atoms with van der Waals surface area (Å²) in [7, 11) is 0. The van der Waals surface area contributed by atoms with Crippen molar-refractivity contribution in [3.05, 3.63) is 24.3 Å². The largest absolute Gasteiger partial charge is 0.481 e. The quantitative estimate of drug-likeness (QED) is 0.636. The Bertz CT molecular complexity index is 459. The van der Waals surface area contributed by atoms with E-state index in [1.807, 2.05) is 31.2 Å². The average Bonchev–Trinajstić information content (AvgIpc) is 2.44. The van der Waals surface area contributed by atoms with Gasteiger partial charge in [0.2, 0.25) is 0 Å². The molecule has 0 fully saturated rings. The molecule has 0 heterocycles. The number of nitrogens with one attached hydrogen (secondary N) is 1. The second-order valence-electron chi connectivity index (χ2n) is 6.26. The number of rotatable bonds is 8. The maximum Gasteiger partial charge on any atom is 0.320 e. The molecule has 3 N–H and O–H groups in total. The van der Waals surface area contributed by atoms with Crippen LogP contribution in [0.25, 0.3) is 0 Å². The molecule has 0 aromatic rings. The van der Waals surface area contributed by atoms with Crippen LogP contribution in [0.3, 0.4) is 0 Å². The fraction of sp³-hybridized carbons (Fsp3) is 0.625. The number of aliphatic carboxylic acids is 2. The highest BCUT2D eigenvalue weighted by atomic mass is 35.5. The zero-order valence-corrected chi connectivity index (χ0v) is 14.2. The van der Waals surface area contributed by atoms with Crippen molar-refractivity contribution in [1.29, 1.82) is 0 Å². The summed E-state index contributed by atoms with van der Waals surface area (Å²) < 4.78 is 0. The maximum atomic E-state index is 11.5. The Balaban J connectivity index is 0.00000441. The van der Waals surface area contributed by atoms with Gasteiger partial charge in [-0.25, -0.2) is 0 Å². The topological polar surface area (TPSA) is 86.6 Å². The molecule has 1 aliphatic carbocycles. The van der Waals surface area contributed by atoms with E-state index < -0.39 is 23.4 Å². The molecular formula is C16H26ClNO4. The Morgan fingerprint density at radius 3 is 2.36 bits per heavy atom. The van der Waals surface area contributed by atoms with Crippen LogP contribution in [0, 0.1) is 5.41 Å². The lowest BCUT2D eigenvalue weighted by molar-refractivity contribution is -0.148. The molecule has 0 spiro atoms. The zero-order valence-electron chi connectivity index (χ0n) is 13.3. The molecule has 0 aromatic heterocycles. The summed E-state index contributed by atoms with van der Waals surface area (Å²) in [4.78, 5) is 22.6. The molecule has 0 aromatic carbocycles. The number of carboxylic acids is 2. The molecule has 2 atom stereocenters. The van der Waals surface area contributed by atoms with E-state index >= 15 is 0 Å². The summed E-state index contributed by atoms with van der Waals surface area (Å²) >= 11 is 0. The van der Waals surface area contributed by atoms with Crippen LogP contribution in [-0.2, 0) is 9.59 Å². The van der Waals surface area contributed by atoms with Gasteiger partial charge in [-0.05, 0) is 39.5 Å². The van der Waals surface area contributed by atoms with Gasteiger partial charge >= 0.3 is 11.9 Å². The smallest absolute Gasteiger partial charge is 0.320 e. The normalized spacial score (nSPS) is 22.0. The summed E-state index contributed by atoms with van der Waals surface area (Å²) in [6, 6.07) is -0.750. The van der Waals surface area contributed by atoms with Gasteiger partial charge in [-0.2, -0.15) is 0 Å². The van der Waals surface area contributed by atoms with Crippen molar-refractivity contribution >= 4 is 24.3 Å². The van der Waals surface area contributed by atoms with E-state index in [4.69, 9.17) is 5.11 Å². The van der Waals surface area contributed by atoms with Gasteiger partial charge in [0, 0.05) is 5.54 Å². The summed E-state index contributed by atoms with van der Waals surface area (Å²) in [5.74, 6) is -1.84. The van der Waals surface area contributed by atoms with Crippen molar-refractivity contribution in [2.75, 3.05) is 0 Å². The first-order valence-electron chi connectivity index (χ1n) is 7.31. The number of hydrogen-bond acceptors (Lipinski definition) is 3. The average molecular weight is 332 g/mol. The van der Waals surface area contributed by atoms with Gasteiger partial charge in [-0.3, -0.25) is 14.9 Å². The van der Waals surface area contributed by atoms with Gasteiger partial charge < -0.3 is 10.2 Å². The van der Waals surface area contributed by atoms with Crippen molar-refractivity contribution in [2.45, 2.75) is 58.0 Å². The third-order valence-electron chi connectivity index (χ3n) is 4.17. The summed E-state index contributed by atoms with van der Waals surface area (Å²) in [5, 5.41) is 21.7. The SMILES string of the molecule is CC[C@]1(NC(CCC(C)(C)C(=O)O)C(=O)O)C=CC=CC1.Cl. The van der Waals surface area contributed by atoms with E-state index in [1.54, 1.807) is 13.8 Å². The molecule has 126 valence electrons. The molecule has 5 nitrogen and oxygen atoms in total. The van der Waals surface area contributed by atoms with Gasteiger partial charge in [0.15, 0.2) is 0 Å². The van der Waals surface area contributed by atoms with E-state index in [0.29, 0.717) is 6.42 Å². The molecule has 1 unspecified atom stereocenters. The molecule has 0 bridgehead atoms. The van der Waals surface area contributed by atoms with E-state index in [1.165, 1.54) is 0 Å². The van der Waals surface area contributed by atoms with E-state index in [2.05, 4.69) is 5.32 Å². The monoisotopic (exact) mass is 331 g/mol. The first-order valence-corrected chi connectivity index (χ1v) is 7.31. The van der Waals surface area contributed by atoms with E-state index in [9.17, 15) is 14.7 Å². The predicted molar refractivity (Wildman–Crippen MR) is 88.4 cm³/mol. The van der Waals surface area contributed by atoms with Crippen molar-refractivity contribution in [3.63, 3.8) is 0 Å². The standard InChI is InChI=1S/C16H25NO4.ClH/c1-4-16(9-6-5-7-10-16)17-12(13(18)19)8-11-15(2,3)14(20)21;/h5-7,9,12,17H,4,8,10-11H2,1-3H3,(H,18,19)(H,20,21);1H/t12?,16-;/m0./s1. The van der Waals surface area contributed by atoms with Crippen LogP contribution >= 0.6 is 12.4 Å². The lowest BCUT2D eigenvalue weighted by Crippen LogP contribution is -2.52. The fourth-order valence-electron chi connectivity index (χ4n) is 2.35. The van der Waals surface area contributed by atoms with Gasteiger partial charge in [-0.15, -0.1) is 12.4 Å². The number of halogens is 1. The van der Waals surface area contributed by atoms with Crippen molar-refractivity contribution < 1.29 is 19.8 Å². The molecular weight excluding hydrogens is 306 g/mol. The Morgan fingerprint density at radius 1 is 1.32 bits per heavy atom. The highest BCUT2D eigenvalue weighted by Crippen LogP contribution is 2.26. The maximum absolute atomic E-state index is 11.5. The second-order valence-corrected chi connectivity index (χ2v) is 6.26. The summed E-state index contributed by atoms with van der Waals surface area (Å²) in [6.45, 7) is 5.25. The summed E-state index contributed by atoms with van der Waals surface area (Å²) in [6.07, 6.45) is 9.98. The molecule has 0 aliphatic heterocycles. The first-order chi connectivity index (χ1) is 9.72. The molecule has 22 heavy (non-hydrogen) atoms. The van der Waals surface area contributed by atoms with Gasteiger partial charge in [0.05, 0.1) is 5.41 Å². The van der Waals surface area contributed by atoms with Crippen molar-refractivity contribution in [2.24, 2.45) is 5.41 Å². The van der Waals surface area contributed by atoms with Crippen LogP contribution < -0.4 is 5.32 Å². The molecule has 0 saturated heterocycles. The summed E-state index contributed by atoms with van der Waals surface area (Å²) in [5.41, 5.74) is -1.28. The Hall–Kier alpha value is -1.33. The van der Waals surface area contributed by atoms with Crippen molar-refractivity contribution in [3.8, 4) is 0 Å². The molecule has 6 heteroatoms. The second kappa shape index (κ2) is 8.34. The first kappa shape index (κ1) is 20.7. The zero-order chi connectivity index (χ0) is 16.1. The third kappa shape index (κ3) is 5.46. The Kier molecular flexibility index (Phi) is 7.84. The molecule has 1 aliphatic rings. The van der Waals surface area contributed by atoms with Gasteiger partial charge in [-0.1, -0.05) is 31.2 Å². The Morgan fingerprint density at radius 2 is 1.95 bits per heavy atom. The van der Waals surface area contributed by atoms with Crippen LogP contribution in [0.1, 0.15) is 46.5 Å². The minimum absolute atomic E-state index is 0. The minimum Gasteiger partial charge on any atom is -0.481 e. The van der Waals surface area contributed by atoms with Crippen LogP contribution in [0.5, 0.6) is 0 Å². The number of hydrogen-bond donors (Lipinski definition) is 3. The van der Waals surface area contributed by atoms with Crippen LogP contribution in [-0.4, -0.2) is 33.7 Å². The lowest BCUT2D eigenvalue weighted by Gasteiger charge is -2.35. The number of carbonyl (C=O) groups is 2. The number of carboxylic acid groups (broad SMARTS) is 2. The molecule has 0 saturated carbocycles. The third-order valence-corrected chi connectivity index (χ3v) is 4.17. The number of allylic oxidation sites excluding steroid dienone is 2. The highest BCUT2D eigenvalue weighted by molar-refractivity contribution is 5.85. The van der Waals surface area contributed by atoms with Crippen LogP contribution in [0.15, 0.2) is 24.3 Å². The fourth-order valence-corrected chi connectivity index (χ4v) is 2.35. The van der Waals surface area contributed by atoms with E-state index in [0.717, 1.165) is 12.8 Å². The molecule has 0 radical (unpaired) electrons. The Labute approximate surface area is 137 Å². The van der Waals surface area contributed by atoms with Gasteiger partial charge in [0.25, 0.3) is 0 Å².